The number of hydrogen-bond acceptors (Lipinski definition) is 1. The van der Waals surface area contributed by atoms with E-state index in [1.807, 2.05) is 28.2 Å². The summed E-state index contributed by atoms with van der Waals surface area (Å²) in [4.78, 5) is 8.82. The second-order valence-corrected chi connectivity index (χ2v) is 4.58. The van der Waals surface area contributed by atoms with E-state index in [9.17, 15) is 0 Å². The van der Waals surface area contributed by atoms with Crippen molar-refractivity contribution in [2.75, 3.05) is 34.7 Å². The van der Waals surface area contributed by atoms with Crippen LogP contribution < -0.4 is 0 Å². The van der Waals surface area contributed by atoms with Gasteiger partial charge in [0.25, 0.3) is 0 Å². The lowest BCUT2D eigenvalue weighted by atomic mass is 9.95. The van der Waals surface area contributed by atoms with E-state index < -0.39 is 0 Å². The molecule has 0 saturated carbocycles. The van der Waals surface area contributed by atoms with Gasteiger partial charge in [0.2, 0.25) is 0 Å². The summed E-state index contributed by atoms with van der Waals surface area (Å²) in [6.45, 7) is 0.954. The molecule has 0 radical (unpaired) electrons. The van der Waals surface area contributed by atoms with E-state index in [0.717, 1.165) is 18.4 Å². The van der Waals surface area contributed by atoms with Gasteiger partial charge < -0.3 is 9.80 Å². The van der Waals surface area contributed by atoms with Crippen molar-refractivity contribution in [3.63, 3.8) is 0 Å². The standard InChI is InChI=1S/C12H23N3/c1-14(2)12(15(3)4)13-10-11-8-6-5-7-9-11/h5-6,11H,7-10H2,1-4H3/t11-/m1/s1. The molecule has 0 aliphatic heterocycles. The second-order valence-electron chi connectivity index (χ2n) is 4.58. The van der Waals surface area contributed by atoms with Crippen molar-refractivity contribution in [2.24, 2.45) is 10.9 Å². The molecule has 3 heteroatoms. The van der Waals surface area contributed by atoms with E-state index in [1.165, 1.54) is 19.3 Å². The van der Waals surface area contributed by atoms with Crippen molar-refractivity contribution in [1.29, 1.82) is 0 Å². The smallest absolute Gasteiger partial charge is 0.195 e. The Bertz CT molecular complexity index is 231. The molecule has 0 aromatic heterocycles. The molecule has 0 N–H and O–H groups in total. The van der Waals surface area contributed by atoms with Gasteiger partial charge in [-0.3, -0.25) is 4.99 Å². The maximum Gasteiger partial charge on any atom is 0.195 e. The molecular weight excluding hydrogens is 186 g/mol. The minimum absolute atomic E-state index is 0.741. The summed E-state index contributed by atoms with van der Waals surface area (Å²) in [7, 11) is 8.17. The average Bonchev–Trinajstić information content (AvgIpc) is 2.18. The first-order valence-electron chi connectivity index (χ1n) is 5.65. The molecule has 0 heterocycles. The topological polar surface area (TPSA) is 18.8 Å². The molecule has 0 aromatic rings. The first-order valence-corrected chi connectivity index (χ1v) is 5.65. The van der Waals surface area contributed by atoms with Gasteiger partial charge in [0.05, 0.1) is 0 Å². The van der Waals surface area contributed by atoms with Crippen molar-refractivity contribution in [2.45, 2.75) is 19.3 Å². The highest BCUT2D eigenvalue weighted by atomic mass is 15.3. The minimum atomic E-state index is 0.741. The molecular formula is C12H23N3. The van der Waals surface area contributed by atoms with Crippen molar-refractivity contribution in [3.05, 3.63) is 12.2 Å². The van der Waals surface area contributed by atoms with Gasteiger partial charge >= 0.3 is 0 Å². The summed E-state index contributed by atoms with van der Waals surface area (Å²) in [5.74, 6) is 1.80. The first-order chi connectivity index (χ1) is 7.11. The molecule has 15 heavy (non-hydrogen) atoms. The van der Waals surface area contributed by atoms with Crippen LogP contribution in [0.15, 0.2) is 17.1 Å². The van der Waals surface area contributed by atoms with E-state index >= 15 is 0 Å². The molecule has 1 aliphatic carbocycles. The van der Waals surface area contributed by atoms with E-state index in [-0.39, 0.29) is 0 Å². The monoisotopic (exact) mass is 209 g/mol. The number of aliphatic imine (C=N–C) groups is 1. The molecule has 0 aromatic carbocycles. The van der Waals surface area contributed by atoms with Crippen molar-refractivity contribution < 1.29 is 0 Å². The predicted molar refractivity (Wildman–Crippen MR) is 66.2 cm³/mol. The Morgan fingerprint density at radius 2 is 1.87 bits per heavy atom. The Hall–Kier alpha value is -0.990. The van der Waals surface area contributed by atoms with Gasteiger partial charge in [-0.05, 0) is 25.2 Å². The Labute approximate surface area is 93.5 Å². The minimum Gasteiger partial charge on any atom is -0.349 e. The van der Waals surface area contributed by atoms with Crippen molar-refractivity contribution in [3.8, 4) is 0 Å². The summed E-state index contributed by atoms with van der Waals surface area (Å²) in [6.07, 6.45) is 8.26. The van der Waals surface area contributed by atoms with Gasteiger partial charge in [-0.15, -0.1) is 0 Å². The Morgan fingerprint density at radius 1 is 1.20 bits per heavy atom. The van der Waals surface area contributed by atoms with E-state index in [2.05, 4.69) is 26.9 Å². The summed E-state index contributed by atoms with van der Waals surface area (Å²) in [5.41, 5.74) is 0. The summed E-state index contributed by atoms with van der Waals surface area (Å²) < 4.78 is 0. The lowest BCUT2D eigenvalue weighted by Gasteiger charge is -2.24. The molecule has 3 nitrogen and oxygen atoms in total. The fourth-order valence-electron chi connectivity index (χ4n) is 1.92. The number of hydrogen-bond donors (Lipinski definition) is 0. The number of allylic oxidation sites excluding steroid dienone is 2. The van der Waals surface area contributed by atoms with Crippen LogP contribution in [0.4, 0.5) is 0 Å². The van der Waals surface area contributed by atoms with Crippen LogP contribution in [0.2, 0.25) is 0 Å². The van der Waals surface area contributed by atoms with Crippen LogP contribution in [0.25, 0.3) is 0 Å². The SMILES string of the molecule is CN(C)C(=NC[C@@H]1CC=CCC1)N(C)C. The summed E-state index contributed by atoms with van der Waals surface area (Å²) >= 11 is 0. The number of rotatable bonds is 2. The summed E-state index contributed by atoms with van der Waals surface area (Å²) in [5, 5.41) is 0. The van der Waals surface area contributed by atoms with E-state index in [1.54, 1.807) is 0 Å². The van der Waals surface area contributed by atoms with Crippen LogP contribution in [0.3, 0.4) is 0 Å². The van der Waals surface area contributed by atoms with Gasteiger partial charge in [0.1, 0.15) is 0 Å². The van der Waals surface area contributed by atoms with Crippen LogP contribution in [0.1, 0.15) is 19.3 Å². The van der Waals surface area contributed by atoms with Crippen molar-refractivity contribution >= 4 is 5.96 Å². The van der Waals surface area contributed by atoms with Crippen molar-refractivity contribution in [1.82, 2.24) is 9.80 Å². The molecule has 0 bridgehead atoms. The molecule has 1 atom stereocenters. The summed E-state index contributed by atoms with van der Waals surface area (Å²) in [6, 6.07) is 0. The lowest BCUT2D eigenvalue weighted by molar-refractivity contribution is 0.454. The van der Waals surface area contributed by atoms with Crippen LogP contribution in [0.5, 0.6) is 0 Å². The first kappa shape index (κ1) is 12.1. The molecule has 0 fully saturated rings. The predicted octanol–water partition coefficient (Wildman–Crippen LogP) is 1.82. The van der Waals surface area contributed by atoms with E-state index in [0.29, 0.717) is 0 Å². The van der Waals surface area contributed by atoms with Gasteiger partial charge in [-0.25, -0.2) is 0 Å². The van der Waals surface area contributed by atoms with Gasteiger partial charge in [0, 0.05) is 34.7 Å². The highest BCUT2D eigenvalue weighted by Gasteiger charge is 2.10. The van der Waals surface area contributed by atoms with E-state index in [4.69, 9.17) is 0 Å². The molecule has 0 spiro atoms. The maximum atomic E-state index is 4.68. The third kappa shape index (κ3) is 3.94. The largest absolute Gasteiger partial charge is 0.349 e. The Balaban J connectivity index is 2.49. The second kappa shape index (κ2) is 5.79. The molecule has 86 valence electrons. The highest BCUT2D eigenvalue weighted by molar-refractivity contribution is 5.79. The van der Waals surface area contributed by atoms with Gasteiger partial charge in [0.15, 0.2) is 5.96 Å². The normalized spacial score (nSPS) is 19.9. The third-order valence-electron chi connectivity index (χ3n) is 2.67. The molecule has 0 unspecified atom stereocenters. The van der Waals surface area contributed by atoms with Crippen LogP contribution in [0, 0.1) is 5.92 Å². The third-order valence-corrected chi connectivity index (χ3v) is 2.67. The van der Waals surface area contributed by atoms with Crippen LogP contribution in [-0.2, 0) is 0 Å². The zero-order chi connectivity index (χ0) is 11.3. The molecule has 0 saturated heterocycles. The Morgan fingerprint density at radius 3 is 2.33 bits per heavy atom. The zero-order valence-corrected chi connectivity index (χ0v) is 10.4. The number of nitrogens with zero attached hydrogens (tertiary/aromatic N) is 3. The van der Waals surface area contributed by atoms with Crippen LogP contribution in [-0.4, -0.2) is 50.5 Å². The maximum absolute atomic E-state index is 4.68. The Kier molecular flexibility index (Phi) is 4.66. The number of guanidine groups is 1. The molecule has 1 rings (SSSR count). The van der Waals surface area contributed by atoms with Gasteiger partial charge in [-0.1, -0.05) is 12.2 Å². The average molecular weight is 209 g/mol. The van der Waals surface area contributed by atoms with Gasteiger partial charge in [-0.2, -0.15) is 0 Å². The fraction of sp³-hybridized carbons (Fsp3) is 0.750. The molecule has 0 amide bonds. The fourth-order valence-corrected chi connectivity index (χ4v) is 1.92. The highest BCUT2D eigenvalue weighted by Crippen LogP contribution is 2.18. The quantitative estimate of drug-likeness (QED) is 0.392. The zero-order valence-electron chi connectivity index (χ0n) is 10.4. The molecule has 1 aliphatic rings. The van der Waals surface area contributed by atoms with Crippen LogP contribution >= 0.6 is 0 Å². The lowest BCUT2D eigenvalue weighted by Crippen LogP contribution is -2.35.